The Bertz CT molecular complexity index is 639. The van der Waals surface area contributed by atoms with Gasteiger partial charge in [0.25, 0.3) is 5.91 Å². The molecule has 0 fully saturated rings. The van der Waals surface area contributed by atoms with Crippen molar-refractivity contribution in [3.05, 3.63) is 53.9 Å². The van der Waals surface area contributed by atoms with Crippen molar-refractivity contribution in [1.29, 1.82) is 0 Å². The molecule has 2 rings (SSSR count). The maximum Gasteiger partial charge on any atom is 0.274 e. The van der Waals surface area contributed by atoms with E-state index >= 15 is 0 Å². The third kappa shape index (κ3) is 4.00. The minimum Gasteiger partial charge on any atom is -0.494 e. The summed E-state index contributed by atoms with van der Waals surface area (Å²) in [7, 11) is 0. The van der Waals surface area contributed by atoms with Crippen LogP contribution in [0.1, 0.15) is 23.0 Å². The number of pyridine rings is 1. The molecule has 1 heterocycles. The summed E-state index contributed by atoms with van der Waals surface area (Å²) in [4.78, 5) is 16.3. The Labute approximate surface area is 128 Å². The topological polar surface area (TPSA) is 77.2 Å². The standard InChI is InChI=1S/C15H15N3O2S/c1-2-20-12-6-4-11(5-7-12)18-15(19)13-8-3-10(9-17-13)14(16)21/h3-9H,2H2,1H3,(H2,16,21)(H,18,19). The van der Waals surface area contributed by atoms with Gasteiger partial charge >= 0.3 is 0 Å². The summed E-state index contributed by atoms with van der Waals surface area (Å²) < 4.78 is 5.34. The average molecular weight is 301 g/mol. The monoisotopic (exact) mass is 301 g/mol. The van der Waals surface area contributed by atoms with E-state index in [0.29, 0.717) is 23.6 Å². The Morgan fingerprint density at radius 2 is 2.00 bits per heavy atom. The second kappa shape index (κ2) is 6.81. The van der Waals surface area contributed by atoms with Gasteiger partial charge in [-0.05, 0) is 43.3 Å². The molecule has 0 saturated heterocycles. The van der Waals surface area contributed by atoms with Crippen molar-refractivity contribution >= 4 is 28.8 Å². The zero-order chi connectivity index (χ0) is 15.2. The molecule has 0 aliphatic carbocycles. The van der Waals surface area contributed by atoms with E-state index in [4.69, 9.17) is 22.7 Å². The number of ether oxygens (including phenoxy) is 1. The van der Waals surface area contributed by atoms with E-state index in [-0.39, 0.29) is 10.9 Å². The van der Waals surface area contributed by atoms with Crippen molar-refractivity contribution in [2.24, 2.45) is 5.73 Å². The molecule has 3 N–H and O–H groups in total. The number of hydrogen-bond acceptors (Lipinski definition) is 4. The van der Waals surface area contributed by atoms with E-state index in [1.165, 1.54) is 6.20 Å². The fraction of sp³-hybridized carbons (Fsp3) is 0.133. The van der Waals surface area contributed by atoms with Gasteiger partial charge in [-0.1, -0.05) is 12.2 Å². The van der Waals surface area contributed by atoms with E-state index in [2.05, 4.69) is 10.3 Å². The van der Waals surface area contributed by atoms with Crippen LogP contribution in [0.3, 0.4) is 0 Å². The Hall–Kier alpha value is -2.47. The number of aromatic nitrogens is 1. The van der Waals surface area contributed by atoms with E-state index in [9.17, 15) is 4.79 Å². The molecule has 0 spiro atoms. The molecule has 0 radical (unpaired) electrons. The summed E-state index contributed by atoms with van der Waals surface area (Å²) in [6.07, 6.45) is 1.48. The molecule has 6 heteroatoms. The minimum atomic E-state index is -0.298. The molecule has 1 aromatic carbocycles. The van der Waals surface area contributed by atoms with Crippen LogP contribution in [0, 0.1) is 0 Å². The zero-order valence-electron chi connectivity index (χ0n) is 11.5. The highest BCUT2D eigenvalue weighted by atomic mass is 32.1. The first-order chi connectivity index (χ1) is 10.1. The second-order valence-electron chi connectivity index (χ2n) is 4.21. The van der Waals surface area contributed by atoms with Crippen molar-refractivity contribution in [2.75, 3.05) is 11.9 Å². The number of hydrogen-bond donors (Lipinski definition) is 2. The Kier molecular flexibility index (Phi) is 4.84. The zero-order valence-corrected chi connectivity index (χ0v) is 12.3. The fourth-order valence-corrected chi connectivity index (χ4v) is 1.79. The highest BCUT2D eigenvalue weighted by Crippen LogP contribution is 2.16. The molecular weight excluding hydrogens is 286 g/mol. The number of nitrogens with two attached hydrogens (primary N) is 1. The molecule has 0 atom stereocenters. The summed E-state index contributed by atoms with van der Waals surface area (Å²) in [6, 6.07) is 10.4. The lowest BCUT2D eigenvalue weighted by molar-refractivity contribution is 0.102. The number of nitrogens with zero attached hydrogens (tertiary/aromatic N) is 1. The van der Waals surface area contributed by atoms with E-state index in [1.54, 1.807) is 36.4 Å². The van der Waals surface area contributed by atoms with Gasteiger partial charge in [-0.25, -0.2) is 0 Å². The maximum atomic E-state index is 12.0. The third-order valence-electron chi connectivity index (χ3n) is 2.70. The SMILES string of the molecule is CCOc1ccc(NC(=O)c2ccc(C(N)=S)cn2)cc1. The predicted octanol–water partition coefficient (Wildman–Crippen LogP) is 2.37. The summed E-state index contributed by atoms with van der Waals surface area (Å²) >= 11 is 4.83. The Balaban J connectivity index is 2.05. The van der Waals surface area contributed by atoms with E-state index < -0.39 is 0 Å². The molecule has 1 aromatic heterocycles. The number of thiocarbonyl (C=S) groups is 1. The molecule has 0 bridgehead atoms. The fourth-order valence-electron chi connectivity index (χ4n) is 1.67. The van der Waals surface area contributed by atoms with Crippen LogP contribution >= 0.6 is 12.2 Å². The van der Waals surface area contributed by atoms with Gasteiger partial charge in [-0.3, -0.25) is 9.78 Å². The minimum absolute atomic E-state index is 0.251. The molecule has 21 heavy (non-hydrogen) atoms. The number of benzene rings is 1. The summed E-state index contributed by atoms with van der Waals surface area (Å²) in [5, 5.41) is 2.76. The number of carbonyl (C=O) groups excluding carboxylic acids is 1. The normalized spacial score (nSPS) is 9.95. The lowest BCUT2D eigenvalue weighted by Crippen LogP contribution is -2.15. The lowest BCUT2D eigenvalue weighted by Gasteiger charge is -2.07. The number of anilines is 1. The quantitative estimate of drug-likeness (QED) is 0.829. The van der Waals surface area contributed by atoms with Gasteiger partial charge in [0.2, 0.25) is 0 Å². The molecule has 0 aliphatic heterocycles. The molecule has 2 aromatic rings. The number of amides is 1. The van der Waals surface area contributed by atoms with Crippen LogP contribution in [0.15, 0.2) is 42.6 Å². The molecule has 5 nitrogen and oxygen atoms in total. The van der Waals surface area contributed by atoms with Crippen LogP contribution in [-0.2, 0) is 0 Å². The van der Waals surface area contributed by atoms with Crippen LogP contribution in [-0.4, -0.2) is 22.5 Å². The third-order valence-corrected chi connectivity index (χ3v) is 2.94. The molecule has 1 amide bonds. The van der Waals surface area contributed by atoms with Gasteiger partial charge in [-0.15, -0.1) is 0 Å². The van der Waals surface area contributed by atoms with E-state index in [1.807, 2.05) is 6.92 Å². The van der Waals surface area contributed by atoms with Crippen molar-refractivity contribution in [3.63, 3.8) is 0 Å². The van der Waals surface area contributed by atoms with Gasteiger partial charge in [0.1, 0.15) is 16.4 Å². The van der Waals surface area contributed by atoms with Gasteiger partial charge in [0.15, 0.2) is 0 Å². The summed E-state index contributed by atoms with van der Waals surface area (Å²) in [5.41, 5.74) is 7.07. The summed E-state index contributed by atoms with van der Waals surface area (Å²) in [5.74, 6) is 0.461. The number of rotatable bonds is 5. The van der Waals surface area contributed by atoms with Crippen LogP contribution in [0.5, 0.6) is 5.75 Å². The molecule has 0 aliphatic rings. The van der Waals surface area contributed by atoms with Gasteiger partial charge in [0.05, 0.1) is 6.61 Å². The first-order valence-corrected chi connectivity index (χ1v) is 6.81. The van der Waals surface area contributed by atoms with Gasteiger partial charge in [0, 0.05) is 17.4 Å². The first kappa shape index (κ1) is 14.9. The lowest BCUT2D eigenvalue weighted by atomic mass is 10.2. The summed E-state index contributed by atoms with van der Waals surface area (Å²) in [6.45, 7) is 2.52. The number of nitrogens with one attached hydrogen (secondary N) is 1. The van der Waals surface area contributed by atoms with Crippen LogP contribution in [0.2, 0.25) is 0 Å². The first-order valence-electron chi connectivity index (χ1n) is 6.40. The molecule has 0 unspecified atom stereocenters. The average Bonchev–Trinajstić information content (AvgIpc) is 2.49. The second-order valence-corrected chi connectivity index (χ2v) is 4.65. The largest absolute Gasteiger partial charge is 0.494 e. The van der Waals surface area contributed by atoms with Crippen LogP contribution < -0.4 is 15.8 Å². The molecule has 108 valence electrons. The Morgan fingerprint density at radius 1 is 1.29 bits per heavy atom. The predicted molar refractivity (Wildman–Crippen MR) is 85.7 cm³/mol. The molecular formula is C15H15N3O2S. The van der Waals surface area contributed by atoms with Crippen LogP contribution in [0.4, 0.5) is 5.69 Å². The number of carbonyl (C=O) groups is 1. The highest BCUT2D eigenvalue weighted by Gasteiger charge is 2.08. The molecule has 0 saturated carbocycles. The van der Waals surface area contributed by atoms with Crippen molar-refractivity contribution in [3.8, 4) is 5.75 Å². The highest BCUT2D eigenvalue weighted by molar-refractivity contribution is 7.80. The van der Waals surface area contributed by atoms with Crippen LogP contribution in [0.25, 0.3) is 0 Å². The Morgan fingerprint density at radius 3 is 2.52 bits per heavy atom. The van der Waals surface area contributed by atoms with E-state index in [0.717, 1.165) is 5.75 Å². The van der Waals surface area contributed by atoms with Crippen molar-refractivity contribution in [2.45, 2.75) is 6.92 Å². The smallest absolute Gasteiger partial charge is 0.274 e. The van der Waals surface area contributed by atoms with Crippen molar-refractivity contribution < 1.29 is 9.53 Å². The van der Waals surface area contributed by atoms with Gasteiger partial charge < -0.3 is 15.8 Å². The van der Waals surface area contributed by atoms with Crippen molar-refractivity contribution in [1.82, 2.24) is 4.98 Å². The maximum absolute atomic E-state index is 12.0. The van der Waals surface area contributed by atoms with Gasteiger partial charge in [-0.2, -0.15) is 0 Å².